The standard InChI is InChI=1S/C18H17ClFN3O3/c19-16-2-1-3-17(20)15(16)12-18(24)22-10-8-21(9-11-22)13-4-6-14(7-5-13)23(25)26/h1-7H,8-12H2. The zero-order chi connectivity index (χ0) is 18.7. The van der Waals surface area contributed by atoms with Crippen molar-refractivity contribution >= 4 is 28.9 Å². The van der Waals surface area contributed by atoms with E-state index < -0.39 is 10.7 Å². The summed E-state index contributed by atoms with van der Waals surface area (Å²) in [6.07, 6.45) is -0.0664. The smallest absolute Gasteiger partial charge is 0.269 e. The van der Waals surface area contributed by atoms with Crippen molar-refractivity contribution in [3.05, 3.63) is 69.0 Å². The Morgan fingerprint density at radius 2 is 1.77 bits per heavy atom. The zero-order valence-electron chi connectivity index (χ0n) is 13.9. The minimum atomic E-state index is -0.477. The lowest BCUT2D eigenvalue weighted by Crippen LogP contribution is -2.49. The van der Waals surface area contributed by atoms with Gasteiger partial charge in [-0.1, -0.05) is 17.7 Å². The topological polar surface area (TPSA) is 66.7 Å². The number of carbonyl (C=O) groups excluding carboxylic acids is 1. The molecular formula is C18H17ClFN3O3. The fourth-order valence-corrected chi connectivity index (χ4v) is 3.19. The number of nitro benzene ring substituents is 1. The summed E-state index contributed by atoms with van der Waals surface area (Å²) in [5.74, 6) is -0.643. The van der Waals surface area contributed by atoms with Gasteiger partial charge in [0.2, 0.25) is 5.91 Å². The van der Waals surface area contributed by atoms with Crippen LogP contribution in [0, 0.1) is 15.9 Å². The van der Waals surface area contributed by atoms with Crippen LogP contribution in [0.4, 0.5) is 15.8 Å². The second kappa shape index (κ2) is 7.70. The Bertz CT molecular complexity index is 801. The number of carbonyl (C=O) groups is 1. The van der Waals surface area contributed by atoms with E-state index in [0.717, 1.165) is 5.69 Å². The van der Waals surface area contributed by atoms with Crippen LogP contribution in [0.2, 0.25) is 5.02 Å². The summed E-state index contributed by atoms with van der Waals surface area (Å²) in [7, 11) is 0. The molecule has 1 amide bonds. The number of piperazine rings is 1. The highest BCUT2D eigenvalue weighted by Gasteiger charge is 2.23. The molecule has 1 fully saturated rings. The summed E-state index contributed by atoms with van der Waals surface area (Å²) in [4.78, 5) is 26.5. The summed E-state index contributed by atoms with van der Waals surface area (Å²) in [5.41, 5.74) is 1.14. The van der Waals surface area contributed by atoms with Gasteiger partial charge >= 0.3 is 0 Å². The summed E-state index contributed by atoms with van der Waals surface area (Å²) < 4.78 is 13.8. The van der Waals surface area contributed by atoms with Gasteiger partial charge in [0.05, 0.1) is 11.3 Å². The number of amides is 1. The molecule has 0 bridgehead atoms. The second-order valence-corrected chi connectivity index (χ2v) is 6.43. The van der Waals surface area contributed by atoms with Crippen molar-refractivity contribution in [2.24, 2.45) is 0 Å². The first-order valence-corrected chi connectivity index (χ1v) is 8.53. The molecule has 0 spiro atoms. The number of halogens is 2. The maximum atomic E-state index is 13.8. The zero-order valence-corrected chi connectivity index (χ0v) is 14.7. The maximum Gasteiger partial charge on any atom is 0.269 e. The molecule has 3 rings (SSSR count). The van der Waals surface area contributed by atoms with Gasteiger partial charge in [-0.25, -0.2) is 4.39 Å². The van der Waals surface area contributed by atoms with Crippen LogP contribution < -0.4 is 4.90 Å². The minimum Gasteiger partial charge on any atom is -0.368 e. The number of hydrogen-bond acceptors (Lipinski definition) is 4. The molecule has 1 aliphatic rings. The molecule has 1 saturated heterocycles. The Kier molecular flexibility index (Phi) is 5.37. The number of non-ortho nitro benzene ring substituents is 1. The molecule has 1 heterocycles. The van der Waals surface area contributed by atoms with Crippen LogP contribution in [0.15, 0.2) is 42.5 Å². The number of hydrogen-bond donors (Lipinski definition) is 0. The van der Waals surface area contributed by atoms with E-state index in [1.54, 1.807) is 23.1 Å². The van der Waals surface area contributed by atoms with E-state index in [9.17, 15) is 19.3 Å². The minimum absolute atomic E-state index is 0.0457. The average Bonchev–Trinajstić information content (AvgIpc) is 2.65. The molecule has 136 valence electrons. The number of nitrogens with zero attached hydrogens (tertiary/aromatic N) is 3. The quantitative estimate of drug-likeness (QED) is 0.605. The van der Waals surface area contributed by atoms with E-state index in [2.05, 4.69) is 4.90 Å². The Morgan fingerprint density at radius 3 is 2.35 bits per heavy atom. The number of benzene rings is 2. The van der Waals surface area contributed by atoms with Crippen molar-refractivity contribution in [2.75, 3.05) is 31.1 Å². The monoisotopic (exact) mass is 377 g/mol. The van der Waals surface area contributed by atoms with Gasteiger partial charge in [-0.2, -0.15) is 0 Å². The largest absolute Gasteiger partial charge is 0.368 e. The number of anilines is 1. The molecule has 0 unspecified atom stereocenters. The van der Waals surface area contributed by atoms with Crippen LogP contribution in [0.1, 0.15) is 5.56 Å². The highest BCUT2D eigenvalue weighted by molar-refractivity contribution is 6.31. The molecule has 0 atom stereocenters. The van der Waals surface area contributed by atoms with Gasteiger partial charge in [-0.3, -0.25) is 14.9 Å². The molecule has 2 aromatic rings. The van der Waals surface area contributed by atoms with E-state index in [-0.39, 0.29) is 28.6 Å². The average molecular weight is 378 g/mol. The van der Waals surface area contributed by atoms with Gasteiger partial charge in [0.25, 0.3) is 5.69 Å². The Morgan fingerprint density at radius 1 is 1.12 bits per heavy atom. The molecule has 0 radical (unpaired) electrons. The molecule has 8 heteroatoms. The van der Waals surface area contributed by atoms with E-state index in [0.29, 0.717) is 26.2 Å². The highest BCUT2D eigenvalue weighted by atomic mass is 35.5. The molecule has 6 nitrogen and oxygen atoms in total. The van der Waals surface area contributed by atoms with Gasteiger partial charge in [0, 0.05) is 54.6 Å². The van der Waals surface area contributed by atoms with Crippen LogP contribution in [0.3, 0.4) is 0 Å². The van der Waals surface area contributed by atoms with Crippen molar-refractivity contribution in [3.8, 4) is 0 Å². The van der Waals surface area contributed by atoms with Crippen molar-refractivity contribution in [2.45, 2.75) is 6.42 Å². The number of nitro groups is 1. The van der Waals surface area contributed by atoms with E-state index in [4.69, 9.17) is 11.6 Å². The van der Waals surface area contributed by atoms with Crippen molar-refractivity contribution < 1.29 is 14.1 Å². The van der Waals surface area contributed by atoms with Crippen LogP contribution in [-0.2, 0) is 11.2 Å². The lowest BCUT2D eigenvalue weighted by atomic mass is 10.1. The normalized spacial score (nSPS) is 14.4. The van der Waals surface area contributed by atoms with Gasteiger partial charge in [-0.15, -0.1) is 0 Å². The van der Waals surface area contributed by atoms with E-state index in [1.807, 2.05) is 0 Å². The van der Waals surface area contributed by atoms with Crippen molar-refractivity contribution in [3.63, 3.8) is 0 Å². The van der Waals surface area contributed by atoms with Crippen LogP contribution in [0.25, 0.3) is 0 Å². The SMILES string of the molecule is O=C(Cc1c(F)cccc1Cl)N1CCN(c2ccc([N+](=O)[O-])cc2)CC1. The molecule has 1 aliphatic heterocycles. The molecule has 0 aromatic heterocycles. The Labute approximate surface area is 154 Å². The first kappa shape index (κ1) is 18.1. The first-order valence-electron chi connectivity index (χ1n) is 8.16. The van der Waals surface area contributed by atoms with Crippen LogP contribution >= 0.6 is 11.6 Å². The maximum absolute atomic E-state index is 13.8. The molecule has 2 aromatic carbocycles. The summed E-state index contributed by atoms with van der Waals surface area (Å²) in [6.45, 7) is 2.22. The van der Waals surface area contributed by atoms with Gasteiger partial charge < -0.3 is 9.80 Å². The van der Waals surface area contributed by atoms with Crippen molar-refractivity contribution in [1.82, 2.24) is 4.90 Å². The van der Waals surface area contributed by atoms with Gasteiger partial charge in [0.1, 0.15) is 5.82 Å². The molecule has 26 heavy (non-hydrogen) atoms. The molecule has 0 N–H and O–H groups in total. The van der Waals surface area contributed by atoms with Crippen LogP contribution in [0.5, 0.6) is 0 Å². The van der Waals surface area contributed by atoms with E-state index >= 15 is 0 Å². The fraction of sp³-hybridized carbons (Fsp3) is 0.278. The molecule has 0 aliphatic carbocycles. The fourth-order valence-electron chi connectivity index (χ4n) is 2.96. The Balaban J connectivity index is 1.59. The highest BCUT2D eigenvalue weighted by Crippen LogP contribution is 2.22. The van der Waals surface area contributed by atoms with Gasteiger partial charge in [-0.05, 0) is 24.3 Å². The number of rotatable bonds is 4. The summed E-state index contributed by atoms with van der Waals surface area (Å²) in [6, 6.07) is 10.7. The molecule has 0 saturated carbocycles. The third kappa shape index (κ3) is 3.94. The lowest BCUT2D eigenvalue weighted by molar-refractivity contribution is -0.384. The molecular weight excluding hydrogens is 361 g/mol. The first-order chi connectivity index (χ1) is 12.5. The predicted octanol–water partition coefficient (Wildman–Crippen LogP) is 3.28. The Hall–Kier alpha value is -2.67. The third-order valence-electron chi connectivity index (χ3n) is 4.45. The third-order valence-corrected chi connectivity index (χ3v) is 4.80. The predicted molar refractivity (Wildman–Crippen MR) is 97.0 cm³/mol. The van der Waals surface area contributed by atoms with Crippen LogP contribution in [-0.4, -0.2) is 41.9 Å². The lowest BCUT2D eigenvalue weighted by Gasteiger charge is -2.36. The summed E-state index contributed by atoms with van der Waals surface area (Å²) in [5, 5.41) is 11.0. The van der Waals surface area contributed by atoms with Crippen molar-refractivity contribution in [1.29, 1.82) is 0 Å². The summed E-state index contributed by atoms with van der Waals surface area (Å²) >= 11 is 5.98. The second-order valence-electron chi connectivity index (χ2n) is 6.02. The van der Waals surface area contributed by atoms with Gasteiger partial charge in [0.15, 0.2) is 0 Å². The van der Waals surface area contributed by atoms with E-state index in [1.165, 1.54) is 24.3 Å².